The Morgan fingerprint density at radius 3 is 1.82 bits per heavy atom. The van der Waals surface area contributed by atoms with Crippen molar-refractivity contribution >= 4 is 22.6 Å². The standard InChI is InChI=1S/C28H23F2IO2/c1-2-28(31)33-27-17-26(32-18-19-6-4-3-5-7-19)24(20-8-12-22(29)13-9-20)16-25(27)21-10-14-23(30)15-11-21/h3-17,28H,2,18H2,1H3. The zero-order valence-corrected chi connectivity index (χ0v) is 20.3. The molecule has 0 fully saturated rings. The second-order valence-electron chi connectivity index (χ2n) is 7.57. The predicted octanol–water partition coefficient (Wildman–Crippen LogP) is 8.43. The maximum absolute atomic E-state index is 13.6. The van der Waals surface area contributed by atoms with E-state index in [2.05, 4.69) is 22.6 Å². The largest absolute Gasteiger partial charge is 0.488 e. The average Bonchev–Trinajstić information content (AvgIpc) is 2.84. The smallest absolute Gasteiger partial charge is 0.149 e. The summed E-state index contributed by atoms with van der Waals surface area (Å²) in [6.07, 6.45) is 0.823. The average molecular weight is 556 g/mol. The molecule has 0 bridgehead atoms. The Morgan fingerprint density at radius 1 is 0.727 bits per heavy atom. The highest BCUT2D eigenvalue weighted by atomic mass is 127. The fourth-order valence-corrected chi connectivity index (χ4v) is 3.72. The van der Waals surface area contributed by atoms with E-state index in [4.69, 9.17) is 9.47 Å². The number of ether oxygens (including phenoxy) is 2. The molecule has 4 rings (SSSR count). The van der Waals surface area contributed by atoms with Crippen LogP contribution in [0.3, 0.4) is 0 Å². The van der Waals surface area contributed by atoms with Crippen LogP contribution in [0.25, 0.3) is 22.3 Å². The van der Waals surface area contributed by atoms with Gasteiger partial charge in [-0.1, -0.05) is 61.5 Å². The van der Waals surface area contributed by atoms with Crippen molar-refractivity contribution in [1.82, 2.24) is 0 Å². The monoisotopic (exact) mass is 556 g/mol. The van der Waals surface area contributed by atoms with E-state index in [0.29, 0.717) is 18.1 Å². The Bertz CT molecular complexity index is 1190. The zero-order chi connectivity index (χ0) is 23.2. The van der Waals surface area contributed by atoms with E-state index in [0.717, 1.165) is 34.2 Å². The molecule has 33 heavy (non-hydrogen) atoms. The van der Waals surface area contributed by atoms with Crippen molar-refractivity contribution in [2.24, 2.45) is 0 Å². The van der Waals surface area contributed by atoms with Crippen LogP contribution in [0.4, 0.5) is 8.78 Å². The summed E-state index contributed by atoms with van der Waals surface area (Å²) < 4.78 is 39.6. The van der Waals surface area contributed by atoms with E-state index in [1.807, 2.05) is 49.4 Å². The van der Waals surface area contributed by atoms with E-state index < -0.39 is 0 Å². The van der Waals surface area contributed by atoms with E-state index in [1.165, 1.54) is 24.3 Å². The van der Waals surface area contributed by atoms with Gasteiger partial charge in [-0.25, -0.2) is 8.78 Å². The summed E-state index contributed by atoms with van der Waals surface area (Å²) in [5.41, 5.74) is 4.29. The predicted molar refractivity (Wildman–Crippen MR) is 137 cm³/mol. The highest BCUT2D eigenvalue weighted by Gasteiger charge is 2.18. The van der Waals surface area contributed by atoms with Gasteiger partial charge in [-0.15, -0.1) is 0 Å². The lowest BCUT2D eigenvalue weighted by molar-refractivity contribution is 0.288. The Kier molecular flexibility index (Phi) is 7.60. The van der Waals surface area contributed by atoms with E-state index >= 15 is 0 Å². The molecule has 0 saturated heterocycles. The fourth-order valence-electron chi connectivity index (χ4n) is 3.44. The first kappa shape index (κ1) is 23.2. The van der Waals surface area contributed by atoms with Gasteiger partial charge < -0.3 is 9.47 Å². The first-order valence-corrected chi connectivity index (χ1v) is 12.0. The van der Waals surface area contributed by atoms with Crippen LogP contribution < -0.4 is 9.47 Å². The third kappa shape index (κ3) is 5.90. The van der Waals surface area contributed by atoms with Gasteiger partial charge in [-0.05, 0) is 76.0 Å². The first-order valence-electron chi connectivity index (χ1n) is 10.7. The normalized spacial score (nSPS) is 11.8. The quantitative estimate of drug-likeness (QED) is 0.160. The number of benzene rings is 4. The highest BCUT2D eigenvalue weighted by molar-refractivity contribution is 14.1. The van der Waals surface area contributed by atoms with Gasteiger partial charge in [0, 0.05) is 17.2 Å². The molecule has 1 unspecified atom stereocenters. The molecule has 0 amide bonds. The lowest BCUT2D eigenvalue weighted by Gasteiger charge is -2.20. The fraction of sp³-hybridized carbons (Fsp3) is 0.143. The molecule has 4 aromatic carbocycles. The van der Waals surface area contributed by atoms with Crippen LogP contribution in [0, 0.1) is 11.6 Å². The minimum atomic E-state index is -0.306. The van der Waals surface area contributed by atoms with Crippen LogP contribution in [0.1, 0.15) is 18.9 Å². The number of alkyl halides is 1. The van der Waals surface area contributed by atoms with Crippen molar-refractivity contribution in [1.29, 1.82) is 0 Å². The summed E-state index contributed by atoms with van der Waals surface area (Å²) >= 11 is 2.25. The van der Waals surface area contributed by atoms with Crippen LogP contribution >= 0.6 is 22.6 Å². The minimum Gasteiger partial charge on any atom is -0.488 e. The summed E-state index contributed by atoms with van der Waals surface area (Å²) in [6.45, 7) is 2.43. The topological polar surface area (TPSA) is 18.5 Å². The van der Waals surface area contributed by atoms with Crippen LogP contribution in [-0.4, -0.2) is 4.11 Å². The number of halogens is 3. The molecule has 1 atom stereocenters. The molecule has 0 aliphatic rings. The third-order valence-electron chi connectivity index (χ3n) is 5.21. The van der Waals surface area contributed by atoms with Crippen molar-refractivity contribution in [3.05, 3.63) is 108 Å². The molecule has 0 spiro atoms. The Morgan fingerprint density at radius 2 is 1.27 bits per heavy atom. The summed E-state index contributed by atoms with van der Waals surface area (Å²) in [5.74, 6) is 0.672. The highest BCUT2D eigenvalue weighted by Crippen LogP contribution is 2.42. The van der Waals surface area contributed by atoms with Crippen LogP contribution in [-0.2, 0) is 6.61 Å². The zero-order valence-electron chi connectivity index (χ0n) is 18.1. The second kappa shape index (κ2) is 10.8. The molecular formula is C28H23F2IO2. The molecule has 4 aromatic rings. The summed E-state index contributed by atoms with van der Waals surface area (Å²) in [7, 11) is 0. The van der Waals surface area contributed by atoms with Crippen molar-refractivity contribution in [2.75, 3.05) is 0 Å². The Labute approximate surface area is 206 Å². The van der Waals surface area contributed by atoms with Crippen LogP contribution in [0.2, 0.25) is 0 Å². The van der Waals surface area contributed by atoms with Crippen molar-refractivity contribution in [3.63, 3.8) is 0 Å². The molecular weight excluding hydrogens is 533 g/mol. The molecule has 0 aliphatic carbocycles. The number of hydrogen-bond acceptors (Lipinski definition) is 2. The molecule has 0 aliphatic heterocycles. The molecule has 0 aromatic heterocycles. The van der Waals surface area contributed by atoms with Crippen LogP contribution in [0.15, 0.2) is 91.0 Å². The van der Waals surface area contributed by atoms with Crippen molar-refractivity contribution in [3.8, 4) is 33.8 Å². The summed E-state index contributed by atoms with van der Waals surface area (Å²) in [6, 6.07) is 26.3. The molecule has 2 nitrogen and oxygen atoms in total. The van der Waals surface area contributed by atoms with Gasteiger partial charge in [0.05, 0.1) is 0 Å². The number of hydrogen-bond donors (Lipinski definition) is 0. The van der Waals surface area contributed by atoms with Gasteiger partial charge in [0.15, 0.2) is 0 Å². The summed E-state index contributed by atoms with van der Waals surface area (Å²) in [4.78, 5) is 0. The molecule has 0 N–H and O–H groups in total. The Balaban J connectivity index is 1.83. The van der Waals surface area contributed by atoms with Gasteiger partial charge in [-0.3, -0.25) is 0 Å². The van der Waals surface area contributed by atoms with Gasteiger partial charge >= 0.3 is 0 Å². The lowest BCUT2D eigenvalue weighted by Crippen LogP contribution is -2.07. The van der Waals surface area contributed by atoms with Crippen molar-refractivity contribution < 1.29 is 18.3 Å². The third-order valence-corrected chi connectivity index (χ3v) is 6.34. The van der Waals surface area contributed by atoms with Gasteiger partial charge in [-0.2, -0.15) is 0 Å². The molecule has 0 heterocycles. The van der Waals surface area contributed by atoms with Gasteiger partial charge in [0.25, 0.3) is 0 Å². The summed E-state index contributed by atoms with van der Waals surface area (Å²) in [5, 5.41) is 0. The first-order chi connectivity index (χ1) is 16.0. The Hall–Kier alpha value is -2.93. The van der Waals surface area contributed by atoms with Gasteiger partial charge in [0.2, 0.25) is 0 Å². The lowest BCUT2D eigenvalue weighted by atomic mass is 9.97. The van der Waals surface area contributed by atoms with Crippen LogP contribution in [0.5, 0.6) is 11.5 Å². The van der Waals surface area contributed by atoms with E-state index in [1.54, 1.807) is 24.3 Å². The maximum Gasteiger partial charge on any atom is 0.149 e. The molecule has 5 heteroatoms. The molecule has 0 saturated carbocycles. The van der Waals surface area contributed by atoms with E-state index in [-0.39, 0.29) is 15.7 Å². The number of rotatable bonds is 8. The minimum absolute atomic E-state index is 0.0413. The molecule has 0 radical (unpaired) electrons. The van der Waals surface area contributed by atoms with Gasteiger partial charge in [0.1, 0.15) is 33.9 Å². The molecule has 168 valence electrons. The van der Waals surface area contributed by atoms with E-state index in [9.17, 15) is 8.78 Å². The van der Waals surface area contributed by atoms with Crippen molar-refractivity contribution in [2.45, 2.75) is 24.1 Å². The second-order valence-corrected chi connectivity index (χ2v) is 8.96. The SMILES string of the molecule is CCC(I)Oc1cc(OCc2ccccc2)c(-c2ccc(F)cc2)cc1-c1ccc(F)cc1. The maximum atomic E-state index is 13.6.